The fourth-order valence-electron chi connectivity index (χ4n) is 0.579. The van der Waals surface area contributed by atoms with E-state index in [1.807, 2.05) is 33.8 Å². The monoisotopic (exact) mass is 187 g/mol. The van der Waals surface area contributed by atoms with Crippen LogP contribution in [0.3, 0.4) is 0 Å². The number of nitrogens with zero attached hydrogens (tertiary/aromatic N) is 1. The number of rotatable bonds is 5. The molecule has 76 valence electrons. The van der Waals surface area contributed by atoms with Gasteiger partial charge in [-0.15, -0.1) is 0 Å². The third-order valence-electron chi connectivity index (χ3n) is 1.02. The predicted molar refractivity (Wildman–Crippen MR) is 47.6 cm³/mol. The van der Waals surface area contributed by atoms with E-state index in [0.717, 1.165) is 0 Å². The van der Waals surface area contributed by atoms with Crippen LogP contribution in [-0.2, 0) is 14.5 Å². The molecular formula is C9H17NO3. The number of ether oxygens (including phenoxy) is 1. The Kier molecular flexibility index (Phi) is 5.63. The van der Waals surface area contributed by atoms with Crippen LogP contribution in [0.5, 0.6) is 0 Å². The molecule has 0 amide bonds. The van der Waals surface area contributed by atoms with E-state index in [4.69, 9.17) is 19.8 Å². The first kappa shape index (κ1) is 12.4. The summed E-state index contributed by atoms with van der Waals surface area (Å²) in [6.45, 7) is 7.93. The lowest BCUT2D eigenvalue weighted by Gasteiger charge is -2.21. The molecule has 0 saturated heterocycles. The lowest BCUT2D eigenvalue weighted by molar-refractivity contribution is -0.414. The topological polar surface area (TPSA) is 51.5 Å². The van der Waals surface area contributed by atoms with E-state index in [1.54, 1.807) is 0 Å². The van der Waals surface area contributed by atoms with Gasteiger partial charge in [0.05, 0.1) is 18.1 Å². The molecule has 0 aromatic carbocycles. The molecule has 0 N–H and O–H groups in total. The second-order valence-electron chi connectivity index (χ2n) is 3.54. The standard InChI is InChI=1S/C9H17NO3/c1-5-11-8(6-7-10)12-13-9(2,3)4/h8H,5-6H2,1-4H3. The zero-order valence-corrected chi connectivity index (χ0v) is 8.66. The summed E-state index contributed by atoms with van der Waals surface area (Å²) in [5, 5.41) is 8.43. The molecule has 0 heterocycles. The number of hydrogen-bond donors (Lipinski definition) is 0. The molecule has 0 radical (unpaired) electrons. The molecule has 0 rings (SSSR count). The van der Waals surface area contributed by atoms with Crippen LogP contribution in [0.15, 0.2) is 0 Å². The van der Waals surface area contributed by atoms with Crippen LogP contribution in [0, 0.1) is 11.3 Å². The van der Waals surface area contributed by atoms with Crippen LogP contribution in [0.25, 0.3) is 0 Å². The van der Waals surface area contributed by atoms with Crippen molar-refractivity contribution < 1.29 is 14.5 Å². The second-order valence-corrected chi connectivity index (χ2v) is 3.54. The Balaban J connectivity index is 3.76. The van der Waals surface area contributed by atoms with Gasteiger partial charge in [-0.1, -0.05) is 0 Å². The smallest absolute Gasteiger partial charge is 0.204 e. The fraction of sp³-hybridized carbons (Fsp3) is 0.889. The van der Waals surface area contributed by atoms with Gasteiger partial charge >= 0.3 is 0 Å². The van der Waals surface area contributed by atoms with Crippen molar-refractivity contribution in [1.29, 1.82) is 5.26 Å². The molecule has 4 nitrogen and oxygen atoms in total. The van der Waals surface area contributed by atoms with Crippen molar-refractivity contribution in [2.75, 3.05) is 6.61 Å². The highest BCUT2D eigenvalue weighted by molar-refractivity contribution is 4.70. The first-order valence-corrected chi connectivity index (χ1v) is 4.32. The van der Waals surface area contributed by atoms with Crippen molar-refractivity contribution in [2.24, 2.45) is 0 Å². The van der Waals surface area contributed by atoms with Gasteiger partial charge in [-0.05, 0) is 27.7 Å². The maximum atomic E-state index is 8.43. The minimum Gasteiger partial charge on any atom is -0.349 e. The molecule has 0 aromatic heterocycles. The molecule has 0 aliphatic rings. The number of nitriles is 1. The average molecular weight is 187 g/mol. The summed E-state index contributed by atoms with van der Waals surface area (Å²) in [6.07, 6.45) is -0.418. The van der Waals surface area contributed by atoms with Gasteiger partial charge in [0.15, 0.2) is 0 Å². The molecule has 0 aliphatic carbocycles. The second kappa shape index (κ2) is 5.92. The van der Waals surface area contributed by atoms with E-state index in [2.05, 4.69) is 0 Å². The van der Waals surface area contributed by atoms with Crippen molar-refractivity contribution in [3.05, 3.63) is 0 Å². The quantitative estimate of drug-likeness (QED) is 0.375. The Morgan fingerprint density at radius 3 is 2.38 bits per heavy atom. The van der Waals surface area contributed by atoms with Crippen molar-refractivity contribution in [3.63, 3.8) is 0 Å². The highest BCUT2D eigenvalue weighted by Gasteiger charge is 2.16. The van der Waals surface area contributed by atoms with Gasteiger partial charge in [-0.2, -0.15) is 5.26 Å². The van der Waals surface area contributed by atoms with Gasteiger partial charge in [0.2, 0.25) is 6.29 Å². The van der Waals surface area contributed by atoms with Gasteiger partial charge in [0.25, 0.3) is 0 Å². The molecule has 0 bridgehead atoms. The van der Waals surface area contributed by atoms with E-state index < -0.39 is 6.29 Å². The molecular weight excluding hydrogens is 170 g/mol. The van der Waals surface area contributed by atoms with Crippen molar-refractivity contribution >= 4 is 0 Å². The predicted octanol–water partition coefficient (Wildman–Crippen LogP) is 2.01. The maximum absolute atomic E-state index is 8.43. The summed E-state index contributed by atoms with van der Waals surface area (Å²) in [5.74, 6) is 0. The van der Waals surface area contributed by atoms with Crippen LogP contribution < -0.4 is 0 Å². The average Bonchev–Trinajstić information content (AvgIpc) is 2.00. The summed E-state index contributed by atoms with van der Waals surface area (Å²) in [6, 6.07) is 1.96. The van der Waals surface area contributed by atoms with Crippen LogP contribution in [0.1, 0.15) is 34.1 Å². The zero-order valence-electron chi connectivity index (χ0n) is 8.66. The fourth-order valence-corrected chi connectivity index (χ4v) is 0.579. The van der Waals surface area contributed by atoms with Gasteiger partial charge in [-0.25, -0.2) is 9.78 Å². The molecule has 13 heavy (non-hydrogen) atoms. The Bertz CT molecular complexity index is 169. The van der Waals surface area contributed by atoms with Crippen molar-refractivity contribution in [1.82, 2.24) is 0 Å². The maximum Gasteiger partial charge on any atom is 0.204 e. The molecule has 0 fully saturated rings. The Morgan fingerprint density at radius 1 is 1.38 bits per heavy atom. The van der Waals surface area contributed by atoms with E-state index in [1.165, 1.54) is 0 Å². The third-order valence-corrected chi connectivity index (χ3v) is 1.02. The summed E-state index contributed by atoms with van der Waals surface area (Å²) in [7, 11) is 0. The minimum absolute atomic E-state index is 0.171. The lowest BCUT2D eigenvalue weighted by atomic mass is 10.2. The van der Waals surface area contributed by atoms with Crippen LogP contribution in [0.2, 0.25) is 0 Å². The van der Waals surface area contributed by atoms with Crippen LogP contribution in [-0.4, -0.2) is 18.5 Å². The minimum atomic E-state index is -0.589. The number of hydrogen-bond acceptors (Lipinski definition) is 4. The largest absolute Gasteiger partial charge is 0.349 e. The van der Waals surface area contributed by atoms with E-state index in [0.29, 0.717) is 6.61 Å². The van der Waals surface area contributed by atoms with E-state index in [-0.39, 0.29) is 12.0 Å². The summed E-state index contributed by atoms with van der Waals surface area (Å²) >= 11 is 0. The van der Waals surface area contributed by atoms with Gasteiger partial charge in [0.1, 0.15) is 0 Å². The highest BCUT2D eigenvalue weighted by Crippen LogP contribution is 2.11. The summed E-state index contributed by atoms with van der Waals surface area (Å²) in [5.41, 5.74) is -0.384. The molecule has 4 heteroatoms. The van der Waals surface area contributed by atoms with Crippen LogP contribution >= 0.6 is 0 Å². The Hall–Kier alpha value is -0.630. The molecule has 0 spiro atoms. The normalized spacial score (nSPS) is 13.8. The van der Waals surface area contributed by atoms with Crippen molar-refractivity contribution in [3.8, 4) is 6.07 Å². The molecule has 0 aliphatic heterocycles. The van der Waals surface area contributed by atoms with Gasteiger partial charge in [-0.3, -0.25) is 0 Å². The highest BCUT2D eigenvalue weighted by atomic mass is 17.2. The SMILES string of the molecule is CCOC(CC#N)OOC(C)(C)C. The lowest BCUT2D eigenvalue weighted by Crippen LogP contribution is -2.25. The molecule has 1 unspecified atom stereocenters. The van der Waals surface area contributed by atoms with Crippen LogP contribution in [0.4, 0.5) is 0 Å². The Labute approximate surface area is 79.3 Å². The third kappa shape index (κ3) is 7.72. The van der Waals surface area contributed by atoms with E-state index in [9.17, 15) is 0 Å². The zero-order chi connectivity index (χ0) is 10.3. The van der Waals surface area contributed by atoms with Crippen molar-refractivity contribution in [2.45, 2.75) is 46.0 Å². The Morgan fingerprint density at radius 2 is 2.00 bits per heavy atom. The summed E-state index contributed by atoms with van der Waals surface area (Å²) < 4.78 is 5.11. The first-order chi connectivity index (χ1) is 5.99. The molecule has 0 saturated carbocycles. The van der Waals surface area contributed by atoms with Gasteiger partial charge in [0, 0.05) is 6.61 Å². The molecule has 0 aromatic rings. The van der Waals surface area contributed by atoms with E-state index >= 15 is 0 Å². The van der Waals surface area contributed by atoms with Gasteiger partial charge < -0.3 is 4.74 Å². The molecule has 1 atom stereocenters. The first-order valence-electron chi connectivity index (χ1n) is 4.32. The summed E-state index contributed by atoms with van der Waals surface area (Å²) in [4.78, 5) is 9.96.